The number of ketones is 1. The average Bonchev–Trinajstić information content (AvgIpc) is 2.34. The fourth-order valence-corrected chi connectivity index (χ4v) is 1.25. The minimum absolute atomic E-state index is 0.0380. The maximum atomic E-state index is 11.2. The Bertz CT molecular complexity index is 453. The van der Waals surface area contributed by atoms with Gasteiger partial charge < -0.3 is 9.47 Å². The smallest absolute Gasteiger partial charge is 0.161 e. The standard InChI is InChI=1S/C11H13N3O3/c1-8(15)9-3-4-10(11(7-9)16-2)17-6-5-13-14-12/h3-4,7H,5-6H2,1-2H3. The Balaban J connectivity index is 2.78. The van der Waals surface area contributed by atoms with Crippen molar-refractivity contribution < 1.29 is 14.3 Å². The third-order valence-corrected chi connectivity index (χ3v) is 2.08. The van der Waals surface area contributed by atoms with E-state index < -0.39 is 0 Å². The average molecular weight is 235 g/mol. The van der Waals surface area contributed by atoms with Crippen molar-refractivity contribution in [1.82, 2.24) is 0 Å². The van der Waals surface area contributed by atoms with Crippen LogP contribution in [-0.2, 0) is 0 Å². The first-order chi connectivity index (χ1) is 8.19. The predicted molar refractivity (Wildman–Crippen MR) is 62.5 cm³/mol. The molecular weight excluding hydrogens is 222 g/mol. The first kappa shape index (κ1) is 12.9. The quantitative estimate of drug-likeness (QED) is 0.250. The van der Waals surface area contributed by atoms with Crippen LogP contribution in [0.4, 0.5) is 0 Å². The molecule has 6 heteroatoms. The molecule has 6 nitrogen and oxygen atoms in total. The minimum Gasteiger partial charge on any atom is -0.493 e. The van der Waals surface area contributed by atoms with Crippen LogP contribution >= 0.6 is 0 Å². The fraction of sp³-hybridized carbons (Fsp3) is 0.364. The Morgan fingerprint density at radius 2 is 2.24 bits per heavy atom. The van der Waals surface area contributed by atoms with Crippen molar-refractivity contribution in [2.75, 3.05) is 20.3 Å². The predicted octanol–water partition coefficient (Wildman–Crippen LogP) is 2.59. The van der Waals surface area contributed by atoms with E-state index in [0.717, 1.165) is 0 Å². The van der Waals surface area contributed by atoms with Gasteiger partial charge in [-0.2, -0.15) is 0 Å². The number of nitrogens with zero attached hydrogens (tertiary/aromatic N) is 3. The van der Waals surface area contributed by atoms with Gasteiger partial charge in [-0.15, -0.1) is 0 Å². The van der Waals surface area contributed by atoms with Gasteiger partial charge in [0.05, 0.1) is 20.3 Å². The molecule has 0 saturated heterocycles. The molecule has 17 heavy (non-hydrogen) atoms. The Morgan fingerprint density at radius 3 is 2.82 bits per heavy atom. The number of Topliss-reactive ketones (excluding diaryl/α,β-unsaturated/α-hetero) is 1. The molecule has 0 atom stereocenters. The van der Waals surface area contributed by atoms with E-state index in [9.17, 15) is 4.79 Å². The molecule has 1 aromatic rings. The van der Waals surface area contributed by atoms with Gasteiger partial charge >= 0.3 is 0 Å². The Hall–Kier alpha value is -2.20. The summed E-state index contributed by atoms with van der Waals surface area (Å²) in [7, 11) is 1.50. The molecule has 0 amide bonds. The molecule has 0 aliphatic rings. The van der Waals surface area contributed by atoms with Crippen LogP contribution in [-0.4, -0.2) is 26.0 Å². The molecular formula is C11H13N3O3. The second-order valence-electron chi connectivity index (χ2n) is 3.22. The van der Waals surface area contributed by atoms with Crippen LogP contribution < -0.4 is 9.47 Å². The highest BCUT2D eigenvalue weighted by Gasteiger charge is 2.07. The lowest BCUT2D eigenvalue weighted by molar-refractivity contribution is 0.101. The molecule has 0 heterocycles. The molecule has 0 N–H and O–H groups in total. The van der Waals surface area contributed by atoms with E-state index in [4.69, 9.17) is 15.0 Å². The van der Waals surface area contributed by atoms with Gasteiger partial charge in [-0.1, -0.05) is 5.11 Å². The Morgan fingerprint density at radius 1 is 1.47 bits per heavy atom. The van der Waals surface area contributed by atoms with Crippen molar-refractivity contribution in [3.63, 3.8) is 0 Å². The zero-order chi connectivity index (χ0) is 12.7. The Labute approximate surface area is 98.8 Å². The van der Waals surface area contributed by atoms with Gasteiger partial charge in [0.15, 0.2) is 17.3 Å². The van der Waals surface area contributed by atoms with E-state index in [0.29, 0.717) is 17.1 Å². The molecule has 0 saturated carbocycles. The number of rotatable bonds is 6. The lowest BCUT2D eigenvalue weighted by Crippen LogP contribution is -2.03. The van der Waals surface area contributed by atoms with Crippen LogP contribution in [0, 0.1) is 0 Å². The maximum Gasteiger partial charge on any atom is 0.161 e. The summed E-state index contributed by atoms with van der Waals surface area (Å²) in [5.41, 5.74) is 8.66. The lowest BCUT2D eigenvalue weighted by atomic mass is 10.1. The largest absolute Gasteiger partial charge is 0.493 e. The first-order valence-corrected chi connectivity index (χ1v) is 5.01. The molecule has 90 valence electrons. The van der Waals surface area contributed by atoms with Crippen LogP contribution in [0.15, 0.2) is 23.3 Å². The second-order valence-corrected chi connectivity index (χ2v) is 3.22. The number of carbonyl (C=O) groups is 1. The van der Waals surface area contributed by atoms with Gasteiger partial charge in [-0.3, -0.25) is 4.79 Å². The molecule has 0 aliphatic heterocycles. The number of benzene rings is 1. The van der Waals surface area contributed by atoms with Crippen LogP contribution in [0.2, 0.25) is 0 Å². The fourth-order valence-electron chi connectivity index (χ4n) is 1.25. The molecule has 1 aromatic carbocycles. The highest BCUT2D eigenvalue weighted by atomic mass is 16.5. The number of azide groups is 1. The highest BCUT2D eigenvalue weighted by molar-refractivity contribution is 5.94. The van der Waals surface area contributed by atoms with E-state index in [1.54, 1.807) is 18.2 Å². The molecule has 0 unspecified atom stereocenters. The third-order valence-electron chi connectivity index (χ3n) is 2.08. The van der Waals surface area contributed by atoms with Crippen molar-refractivity contribution >= 4 is 5.78 Å². The number of hydrogen-bond donors (Lipinski definition) is 0. The number of ether oxygens (including phenoxy) is 2. The van der Waals surface area contributed by atoms with E-state index in [1.807, 2.05) is 0 Å². The van der Waals surface area contributed by atoms with Crippen LogP contribution in [0.5, 0.6) is 11.5 Å². The zero-order valence-corrected chi connectivity index (χ0v) is 9.71. The second kappa shape index (κ2) is 6.40. The summed E-state index contributed by atoms with van der Waals surface area (Å²) in [4.78, 5) is 13.8. The molecule has 1 rings (SSSR count). The minimum atomic E-state index is -0.0380. The summed E-state index contributed by atoms with van der Waals surface area (Å²) in [5.74, 6) is 0.966. The number of methoxy groups -OCH3 is 1. The van der Waals surface area contributed by atoms with Gasteiger partial charge in [-0.25, -0.2) is 0 Å². The van der Waals surface area contributed by atoms with Crippen molar-refractivity contribution in [3.8, 4) is 11.5 Å². The van der Waals surface area contributed by atoms with Gasteiger partial charge in [-0.05, 0) is 30.7 Å². The summed E-state index contributed by atoms with van der Waals surface area (Å²) >= 11 is 0. The van der Waals surface area contributed by atoms with Gasteiger partial charge in [0, 0.05) is 10.5 Å². The lowest BCUT2D eigenvalue weighted by Gasteiger charge is -2.10. The summed E-state index contributed by atoms with van der Waals surface area (Å²) in [6.45, 7) is 1.99. The van der Waals surface area contributed by atoms with E-state index in [-0.39, 0.29) is 18.9 Å². The van der Waals surface area contributed by atoms with Crippen molar-refractivity contribution in [1.29, 1.82) is 0 Å². The van der Waals surface area contributed by atoms with E-state index >= 15 is 0 Å². The van der Waals surface area contributed by atoms with Crippen LogP contribution in [0.3, 0.4) is 0 Å². The van der Waals surface area contributed by atoms with Crippen LogP contribution in [0.25, 0.3) is 10.4 Å². The van der Waals surface area contributed by atoms with Crippen molar-refractivity contribution in [3.05, 3.63) is 34.2 Å². The molecule has 0 bridgehead atoms. The monoisotopic (exact) mass is 235 g/mol. The molecule has 0 aromatic heterocycles. The summed E-state index contributed by atoms with van der Waals surface area (Å²) in [6.07, 6.45) is 0. The van der Waals surface area contributed by atoms with E-state index in [2.05, 4.69) is 10.0 Å². The summed E-state index contributed by atoms with van der Waals surface area (Å²) in [6, 6.07) is 4.94. The molecule has 0 radical (unpaired) electrons. The van der Waals surface area contributed by atoms with Gasteiger partial charge in [0.1, 0.15) is 0 Å². The third kappa shape index (κ3) is 3.70. The maximum absolute atomic E-state index is 11.2. The Kier molecular flexibility index (Phi) is 4.84. The van der Waals surface area contributed by atoms with Gasteiger partial charge in [0.2, 0.25) is 0 Å². The SMILES string of the molecule is COc1cc(C(C)=O)ccc1OCCN=[N+]=[N-]. The van der Waals surface area contributed by atoms with Gasteiger partial charge in [0.25, 0.3) is 0 Å². The van der Waals surface area contributed by atoms with Crippen LogP contribution in [0.1, 0.15) is 17.3 Å². The topological polar surface area (TPSA) is 84.3 Å². The molecule has 0 fully saturated rings. The molecule has 0 aliphatic carbocycles. The number of carbonyl (C=O) groups excluding carboxylic acids is 1. The van der Waals surface area contributed by atoms with E-state index in [1.165, 1.54) is 14.0 Å². The summed E-state index contributed by atoms with van der Waals surface area (Å²) in [5, 5.41) is 3.35. The first-order valence-electron chi connectivity index (χ1n) is 5.01. The highest BCUT2D eigenvalue weighted by Crippen LogP contribution is 2.28. The summed E-state index contributed by atoms with van der Waals surface area (Å²) < 4.78 is 10.5. The molecule has 0 spiro atoms. The normalized spacial score (nSPS) is 9.29. The van der Waals surface area contributed by atoms with Crippen molar-refractivity contribution in [2.45, 2.75) is 6.92 Å². The number of hydrogen-bond acceptors (Lipinski definition) is 4. The zero-order valence-electron chi connectivity index (χ0n) is 9.71. The van der Waals surface area contributed by atoms with Crippen molar-refractivity contribution in [2.24, 2.45) is 5.11 Å².